The first kappa shape index (κ1) is 15.3. The fourth-order valence-electron chi connectivity index (χ4n) is 2.41. The minimum Gasteiger partial charge on any atom is -0.396 e. The first-order valence-corrected chi connectivity index (χ1v) is 7.57. The summed E-state index contributed by atoms with van der Waals surface area (Å²) in [4.78, 5) is 12.3. The van der Waals surface area contributed by atoms with Crippen molar-refractivity contribution >= 4 is 17.7 Å². The van der Waals surface area contributed by atoms with Gasteiger partial charge in [-0.3, -0.25) is 4.79 Å². The molecule has 0 spiro atoms. The molecule has 1 aromatic rings. The zero-order valence-corrected chi connectivity index (χ0v) is 11.8. The van der Waals surface area contributed by atoms with Crippen LogP contribution in [0.15, 0.2) is 23.1 Å². The smallest absolute Gasteiger partial charge is 0.230 e. The first-order valence-electron chi connectivity index (χ1n) is 6.58. The van der Waals surface area contributed by atoms with E-state index in [4.69, 9.17) is 0 Å². The molecule has 0 saturated heterocycles. The molecule has 0 radical (unpaired) electrons. The summed E-state index contributed by atoms with van der Waals surface area (Å²) in [6.45, 7) is 0.0846. The lowest BCUT2D eigenvalue weighted by Crippen LogP contribution is -2.39. The lowest BCUT2D eigenvalue weighted by molar-refractivity contribution is -0.119. The van der Waals surface area contributed by atoms with Gasteiger partial charge in [-0.15, -0.1) is 11.8 Å². The number of rotatable bonds is 5. The molecule has 110 valence electrons. The van der Waals surface area contributed by atoms with Gasteiger partial charge >= 0.3 is 0 Å². The Balaban J connectivity index is 1.81. The van der Waals surface area contributed by atoms with Crippen LogP contribution in [0.5, 0.6) is 0 Å². The molecule has 2 N–H and O–H groups in total. The molecule has 1 amide bonds. The first-order chi connectivity index (χ1) is 9.60. The second-order valence-corrected chi connectivity index (χ2v) is 5.96. The van der Waals surface area contributed by atoms with Crippen LogP contribution in [0.25, 0.3) is 0 Å². The Hall–Kier alpha value is -1.14. The summed E-state index contributed by atoms with van der Waals surface area (Å²) in [5.41, 5.74) is 0. The molecule has 1 aromatic carbocycles. The van der Waals surface area contributed by atoms with E-state index in [1.807, 2.05) is 0 Å². The second kappa shape index (κ2) is 7.04. The van der Waals surface area contributed by atoms with E-state index >= 15 is 0 Å². The van der Waals surface area contributed by atoms with Gasteiger partial charge in [-0.25, -0.2) is 8.78 Å². The van der Waals surface area contributed by atoms with E-state index in [1.54, 1.807) is 0 Å². The molecule has 3 nitrogen and oxygen atoms in total. The minimum atomic E-state index is -0.911. The van der Waals surface area contributed by atoms with Crippen LogP contribution in [0.2, 0.25) is 0 Å². The van der Waals surface area contributed by atoms with Gasteiger partial charge in [0.05, 0.1) is 5.75 Å². The SMILES string of the molecule is O=C(CSc1ccc(F)c(F)c1)NC1CCCC1CO. The van der Waals surface area contributed by atoms with Crippen molar-refractivity contribution in [3.63, 3.8) is 0 Å². The van der Waals surface area contributed by atoms with Crippen LogP contribution in [-0.4, -0.2) is 29.4 Å². The number of nitrogens with one attached hydrogen (secondary N) is 1. The van der Waals surface area contributed by atoms with Crippen molar-refractivity contribution in [1.82, 2.24) is 5.32 Å². The van der Waals surface area contributed by atoms with Crippen LogP contribution < -0.4 is 5.32 Å². The lowest BCUT2D eigenvalue weighted by Gasteiger charge is -2.18. The van der Waals surface area contributed by atoms with Gasteiger partial charge < -0.3 is 10.4 Å². The number of benzene rings is 1. The number of carbonyl (C=O) groups excluding carboxylic acids is 1. The van der Waals surface area contributed by atoms with Gasteiger partial charge in [-0.1, -0.05) is 6.42 Å². The third kappa shape index (κ3) is 3.93. The molecular formula is C14H17F2NO2S. The summed E-state index contributed by atoms with van der Waals surface area (Å²) in [5.74, 6) is -1.67. The van der Waals surface area contributed by atoms with E-state index in [9.17, 15) is 18.7 Å². The third-order valence-corrected chi connectivity index (χ3v) is 4.49. The van der Waals surface area contributed by atoms with Crippen LogP contribution in [0, 0.1) is 17.6 Å². The molecular weight excluding hydrogens is 284 g/mol. The maximum atomic E-state index is 13.0. The predicted molar refractivity (Wildman–Crippen MR) is 73.4 cm³/mol. The Morgan fingerprint density at radius 2 is 2.15 bits per heavy atom. The highest BCUT2D eigenvalue weighted by Gasteiger charge is 2.27. The highest BCUT2D eigenvalue weighted by atomic mass is 32.2. The van der Waals surface area contributed by atoms with E-state index < -0.39 is 11.6 Å². The number of thioether (sulfide) groups is 1. The zero-order valence-electron chi connectivity index (χ0n) is 10.9. The topological polar surface area (TPSA) is 49.3 Å². The second-order valence-electron chi connectivity index (χ2n) is 4.91. The molecule has 0 bridgehead atoms. The van der Waals surface area contributed by atoms with E-state index in [1.165, 1.54) is 6.07 Å². The van der Waals surface area contributed by atoms with Crippen LogP contribution >= 0.6 is 11.8 Å². The molecule has 6 heteroatoms. The van der Waals surface area contributed by atoms with E-state index in [0.717, 1.165) is 43.2 Å². The monoisotopic (exact) mass is 301 g/mol. The summed E-state index contributed by atoms with van der Waals surface area (Å²) in [5, 5.41) is 12.1. The molecule has 2 rings (SSSR count). The Morgan fingerprint density at radius 3 is 2.85 bits per heavy atom. The zero-order chi connectivity index (χ0) is 14.5. The largest absolute Gasteiger partial charge is 0.396 e. The fourth-order valence-corrected chi connectivity index (χ4v) is 3.14. The molecule has 1 fully saturated rings. The van der Waals surface area contributed by atoms with E-state index in [-0.39, 0.29) is 30.2 Å². The molecule has 2 atom stereocenters. The summed E-state index contributed by atoms with van der Waals surface area (Å²) < 4.78 is 25.8. The predicted octanol–water partition coefficient (Wildman–Crippen LogP) is 2.33. The van der Waals surface area contributed by atoms with Crippen molar-refractivity contribution in [2.75, 3.05) is 12.4 Å². The normalized spacial score (nSPS) is 21.9. The highest BCUT2D eigenvalue weighted by Crippen LogP contribution is 2.25. The lowest BCUT2D eigenvalue weighted by atomic mass is 10.1. The molecule has 0 aliphatic heterocycles. The van der Waals surface area contributed by atoms with E-state index in [2.05, 4.69) is 5.32 Å². The highest BCUT2D eigenvalue weighted by molar-refractivity contribution is 8.00. The van der Waals surface area contributed by atoms with Gasteiger partial charge in [0.2, 0.25) is 5.91 Å². The summed E-state index contributed by atoms with van der Waals surface area (Å²) >= 11 is 1.16. The van der Waals surface area contributed by atoms with Gasteiger partial charge in [0.1, 0.15) is 0 Å². The molecule has 1 saturated carbocycles. The number of aliphatic hydroxyl groups excluding tert-OH is 1. The quantitative estimate of drug-likeness (QED) is 0.821. The van der Waals surface area contributed by atoms with Crippen molar-refractivity contribution in [2.24, 2.45) is 5.92 Å². The number of amides is 1. The van der Waals surface area contributed by atoms with Gasteiger partial charge in [0, 0.05) is 23.5 Å². The van der Waals surface area contributed by atoms with Crippen LogP contribution in [-0.2, 0) is 4.79 Å². The maximum Gasteiger partial charge on any atom is 0.230 e. The molecule has 1 aliphatic carbocycles. The maximum absolute atomic E-state index is 13.0. The van der Waals surface area contributed by atoms with Crippen molar-refractivity contribution in [3.05, 3.63) is 29.8 Å². The Morgan fingerprint density at radius 1 is 1.35 bits per heavy atom. The molecule has 0 heterocycles. The van der Waals surface area contributed by atoms with Crippen LogP contribution in [0.4, 0.5) is 8.78 Å². The Bertz CT molecular complexity index is 484. The number of aliphatic hydroxyl groups is 1. The van der Waals surface area contributed by atoms with Gasteiger partial charge in [0.25, 0.3) is 0 Å². The van der Waals surface area contributed by atoms with Crippen molar-refractivity contribution in [3.8, 4) is 0 Å². The minimum absolute atomic E-state index is 0.0260. The van der Waals surface area contributed by atoms with E-state index in [0.29, 0.717) is 4.90 Å². The van der Waals surface area contributed by atoms with Crippen molar-refractivity contribution in [2.45, 2.75) is 30.2 Å². The van der Waals surface area contributed by atoms with Crippen LogP contribution in [0.1, 0.15) is 19.3 Å². The Kier molecular flexibility index (Phi) is 5.37. The van der Waals surface area contributed by atoms with Crippen molar-refractivity contribution < 1.29 is 18.7 Å². The standard InChI is InChI=1S/C14H17F2NO2S/c15-11-5-4-10(6-12(11)16)20-8-14(19)17-13-3-1-2-9(13)7-18/h4-6,9,13,18H,1-3,7-8H2,(H,17,19). The third-order valence-electron chi connectivity index (χ3n) is 3.50. The summed E-state index contributed by atoms with van der Waals surface area (Å²) in [7, 11) is 0. The van der Waals surface area contributed by atoms with Crippen LogP contribution in [0.3, 0.4) is 0 Å². The summed E-state index contributed by atoms with van der Waals surface area (Å²) in [6.07, 6.45) is 2.82. The molecule has 1 aliphatic rings. The van der Waals surface area contributed by atoms with Crippen molar-refractivity contribution in [1.29, 1.82) is 0 Å². The molecule has 20 heavy (non-hydrogen) atoms. The fraction of sp³-hybridized carbons (Fsp3) is 0.500. The number of carbonyl (C=O) groups is 1. The van der Waals surface area contributed by atoms with Gasteiger partial charge in [-0.2, -0.15) is 0 Å². The molecule has 0 aromatic heterocycles. The number of hydrogen-bond donors (Lipinski definition) is 2. The summed E-state index contributed by atoms with van der Waals surface area (Å²) in [6, 6.07) is 3.61. The van der Waals surface area contributed by atoms with Gasteiger partial charge in [-0.05, 0) is 31.0 Å². The number of halogens is 2. The molecule has 2 unspecified atom stereocenters. The average molecular weight is 301 g/mol. The Labute approximate surface area is 120 Å². The average Bonchev–Trinajstić information content (AvgIpc) is 2.87. The number of hydrogen-bond acceptors (Lipinski definition) is 3. The van der Waals surface area contributed by atoms with Gasteiger partial charge in [0.15, 0.2) is 11.6 Å².